The lowest BCUT2D eigenvalue weighted by Gasteiger charge is -2.36. The Morgan fingerprint density at radius 2 is 1.77 bits per heavy atom. The Morgan fingerprint density at radius 3 is 2.20 bits per heavy atom. The van der Waals surface area contributed by atoms with E-state index in [4.69, 9.17) is 9.47 Å². The van der Waals surface area contributed by atoms with Gasteiger partial charge >= 0.3 is 12.1 Å². The highest BCUT2D eigenvalue weighted by atomic mass is 19.1. The molecule has 1 aliphatic heterocycles. The van der Waals surface area contributed by atoms with Crippen molar-refractivity contribution in [2.45, 2.75) is 64.9 Å². The minimum Gasteiger partial charge on any atom is -0.493 e. The zero-order valence-electron chi connectivity index (χ0n) is 18.4. The van der Waals surface area contributed by atoms with E-state index in [9.17, 15) is 19.1 Å². The summed E-state index contributed by atoms with van der Waals surface area (Å²) in [5.74, 6) is -5.24. The van der Waals surface area contributed by atoms with Gasteiger partial charge in [0.05, 0.1) is 13.0 Å². The second-order valence-electron chi connectivity index (χ2n) is 8.98. The summed E-state index contributed by atoms with van der Waals surface area (Å²) in [5.41, 5.74) is -0.784. The zero-order valence-corrected chi connectivity index (χ0v) is 18.4. The average Bonchev–Trinajstić information content (AvgIpc) is 2.63. The van der Waals surface area contributed by atoms with Crippen molar-refractivity contribution in [3.63, 3.8) is 0 Å². The lowest BCUT2D eigenvalue weighted by molar-refractivity contribution is -0.140. The van der Waals surface area contributed by atoms with Crippen molar-refractivity contribution in [1.29, 1.82) is 0 Å². The fourth-order valence-corrected chi connectivity index (χ4v) is 3.86. The minimum absolute atomic E-state index is 0.112. The Balaban J connectivity index is 2.35. The predicted octanol–water partition coefficient (Wildman–Crippen LogP) is 4.91. The van der Waals surface area contributed by atoms with Crippen molar-refractivity contribution in [1.82, 2.24) is 4.90 Å². The second-order valence-corrected chi connectivity index (χ2v) is 8.98. The van der Waals surface area contributed by atoms with Gasteiger partial charge < -0.3 is 19.5 Å². The predicted molar refractivity (Wildman–Crippen MR) is 108 cm³/mol. The Kier molecular flexibility index (Phi) is 7.31. The number of carboxylic acids is 1. The Bertz CT molecular complexity index is 796. The first-order valence-electron chi connectivity index (χ1n) is 10.1. The Labute approximate surface area is 176 Å². The molecule has 1 amide bonds. The quantitative estimate of drug-likeness (QED) is 0.722. The van der Waals surface area contributed by atoms with Crippen LogP contribution in [0.5, 0.6) is 5.75 Å². The number of rotatable bonds is 5. The maximum atomic E-state index is 15.3. The smallest absolute Gasteiger partial charge is 0.410 e. The van der Waals surface area contributed by atoms with Crippen molar-refractivity contribution in [2.24, 2.45) is 5.92 Å². The molecule has 0 radical (unpaired) electrons. The van der Waals surface area contributed by atoms with Crippen LogP contribution in [-0.4, -0.2) is 47.9 Å². The summed E-state index contributed by atoms with van der Waals surface area (Å²) in [5, 5.41) is 9.92. The fraction of sp³-hybridized carbons (Fsp3) is 0.636. The first-order chi connectivity index (χ1) is 13.9. The summed E-state index contributed by atoms with van der Waals surface area (Å²) >= 11 is 0. The van der Waals surface area contributed by atoms with Crippen LogP contribution in [0.2, 0.25) is 0 Å². The summed E-state index contributed by atoms with van der Waals surface area (Å²) in [7, 11) is 1.19. The molecule has 1 saturated heterocycles. The SMILES string of the molecule is COc1c(F)cc(C(C)C)c(F)c1[C@H](C(=O)O)C1CCN(C(=O)OC(C)(C)C)CC1. The van der Waals surface area contributed by atoms with Crippen LogP contribution in [0.25, 0.3) is 0 Å². The molecule has 0 saturated carbocycles. The van der Waals surface area contributed by atoms with E-state index in [0.717, 1.165) is 6.07 Å². The molecule has 0 spiro atoms. The van der Waals surface area contributed by atoms with Crippen molar-refractivity contribution >= 4 is 12.1 Å². The van der Waals surface area contributed by atoms with Gasteiger partial charge in [0.15, 0.2) is 11.6 Å². The molecule has 30 heavy (non-hydrogen) atoms. The third-order valence-electron chi connectivity index (χ3n) is 5.30. The maximum Gasteiger partial charge on any atom is 0.410 e. The molecule has 1 fully saturated rings. The molecule has 6 nitrogen and oxygen atoms in total. The van der Waals surface area contributed by atoms with E-state index in [0.29, 0.717) is 12.8 Å². The van der Waals surface area contributed by atoms with E-state index in [1.807, 2.05) is 0 Å². The number of benzene rings is 1. The number of hydrogen-bond acceptors (Lipinski definition) is 4. The van der Waals surface area contributed by atoms with Gasteiger partial charge in [0.2, 0.25) is 0 Å². The topological polar surface area (TPSA) is 76.1 Å². The average molecular weight is 427 g/mol. The van der Waals surface area contributed by atoms with Gasteiger partial charge in [0.25, 0.3) is 0 Å². The number of piperidine rings is 1. The summed E-state index contributed by atoms with van der Waals surface area (Å²) in [6, 6.07) is 1.06. The monoisotopic (exact) mass is 427 g/mol. The number of carbonyl (C=O) groups is 2. The van der Waals surface area contributed by atoms with Crippen molar-refractivity contribution in [3.8, 4) is 5.75 Å². The number of amides is 1. The van der Waals surface area contributed by atoms with E-state index in [1.54, 1.807) is 34.6 Å². The van der Waals surface area contributed by atoms with Crippen LogP contribution in [0.15, 0.2) is 6.07 Å². The van der Waals surface area contributed by atoms with E-state index >= 15 is 4.39 Å². The Morgan fingerprint density at radius 1 is 1.20 bits per heavy atom. The van der Waals surface area contributed by atoms with Crippen molar-refractivity contribution in [3.05, 3.63) is 28.8 Å². The van der Waals surface area contributed by atoms with Crippen LogP contribution in [0, 0.1) is 17.6 Å². The van der Waals surface area contributed by atoms with E-state index < -0.39 is 41.1 Å². The number of hydrogen-bond donors (Lipinski definition) is 1. The molecule has 0 bridgehead atoms. The third-order valence-corrected chi connectivity index (χ3v) is 5.30. The maximum absolute atomic E-state index is 15.3. The van der Waals surface area contributed by atoms with Crippen LogP contribution in [0.3, 0.4) is 0 Å². The first kappa shape index (κ1) is 23.9. The van der Waals surface area contributed by atoms with Gasteiger partial charge in [-0.1, -0.05) is 13.8 Å². The molecule has 1 N–H and O–H groups in total. The van der Waals surface area contributed by atoms with Gasteiger partial charge in [-0.2, -0.15) is 0 Å². The van der Waals surface area contributed by atoms with Gasteiger partial charge in [-0.25, -0.2) is 13.6 Å². The molecule has 0 aliphatic carbocycles. The van der Waals surface area contributed by atoms with Gasteiger partial charge in [-0.05, 0) is 57.1 Å². The highest BCUT2D eigenvalue weighted by Gasteiger charge is 2.39. The molecule has 1 aliphatic rings. The standard InChI is InChI=1S/C22H31F2NO5/c1-12(2)14-11-15(23)19(29-6)17(18(14)24)16(20(26)27)13-7-9-25(10-8-13)21(28)30-22(3,4)5/h11-13,16H,7-10H2,1-6H3,(H,26,27)/t16-/m1/s1. The highest BCUT2D eigenvalue weighted by Crippen LogP contribution is 2.42. The summed E-state index contributed by atoms with van der Waals surface area (Å²) < 4.78 is 40.4. The number of nitrogens with zero attached hydrogens (tertiary/aromatic N) is 1. The molecule has 1 aromatic rings. The lowest BCUT2D eigenvalue weighted by atomic mass is 9.78. The van der Waals surface area contributed by atoms with Gasteiger partial charge in [0, 0.05) is 18.7 Å². The number of likely N-dealkylation sites (tertiary alicyclic amines) is 1. The lowest BCUT2D eigenvalue weighted by Crippen LogP contribution is -2.43. The van der Waals surface area contributed by atoms with Crippen LogP contribution in [0.1, 0.15) is 70.4 Å². The fourth-order valence-electron chi connectivity index (χ4n) is 3.86. The van der Waals surface area contributed by atoms with Crippen LogP contribution < -0.4 is 4.74 Å². The molecular weight excluding hydrogens is 396 g/mol. The van der Waals surface area contributed by atoms with Gasteiger partial charge in [-0.3, -0.25) is 4.79 Å². The molecule has 1 atom stereocenters. The molecular formula is C22H31F2NO5. The van der Waals surface area contributed by atoms with Crippen molar-refractivity contribution in [2.75, 3.05) is 20.2 Å². The molecule has 1 heterocycles. The molecule has 0 aromatic heterocycles. The zero-order chi connectivity index (χ0) is 22.8. The summed E-state index contributed by atoms with van der Waals surface area (Å²) in [4.78, 5) is 25.9. The summed E-state index contributed by atoms with van der Waals surface area (Å²) in [6.45, 7) is 9.28. The minimum atomic E-state index is -1.28. The van der Waals surface area contributed by atoms with Crippen molar-refractivity contribution < 1.29 is 33.0 Å². The van der Waals surface area contributed by atoms with E-state index in [2.05, 4.69) is 0 Å². The normalized spacial score (nSPS) is 16.5. The summed E-state index contributed by atoms with van der Waals surface area (Å²) in [6.07, 6.45) is 0.183. The Hall–Kier alpha value is -2.38. The number of aliphatic carboxylic acids is 1. The van der Waals surface area contributed by atoms with Gasteiger partial charge in [-0.15, -0.1) is 0 Å². The van der Waals surface area contributed by atoms with Crippen LogP contribution in [0.4, 0.5) is 13.6 Å². The largest absolute Gasteiger partial charge is 0.493 e. The second kappa shape index (κ2) is 9.18. The number of ether oxygens (including phenoxy) is 2. The number of carboxylic acid groups (broad SMARTS) is 1. The molecule has 0 unspecified atom stereocenters. The van der Waals surface area contributed by atoms with Crippen LogP contribution >= 0.6 is 0 Å². The molecule has 2 rings (SSSR count). The van der Waals surface area contributed by atoms with E-state index in [1.165, 1.54) is 12.0 Å². The third kappa shape index (κ3) is 5.21. The number of methoxy groups -OCH3 is 1. The van der Waals surface area contributed by atoms with Gasteiger partial charge in [0.1, 0.15) is 11.4 Å². The molecule has 168 valence electrons. The van der Waals surface area contributed by atoms with Crippen LogP contribution in [-0.2, 0) is 9.53 Å². The highest BCUT2D eigenvalue weighted by molar-refractivity contribution is 5.78. The number of carbonyl (C=O) groups excluding carboxylic acids is 1. The molecule has 1 aromatic carbocycles. The first-order valence-corrected chi connectivity index (χ1v) is 10.1. The van der Waals surface area contributed by atoms with E-state index in [-0.39, 0.29) is 35.9 Å². The molecule has 8 heteroatoms. The number of halogens is 2.